The first-order valence-electron chi connectivity index (χ1n) is 5.11. The van der Waals surface area contributed by atoms with Crippen LogP contribution in [0, 0.1) is 5.92 Å². The summed E-state index contributed by atoms with van der Waals surface area (Å²) in [6.45, 7) is 2.62. The summed E-state index contributed by atoms with van der Waals surface area (Å²) in [7, 11) is 0. The zero-order chi connectivity index (χ0) is 11.5. The van der Waals surface area contributed by atoms with Crippen LogP contribution < -0.4 is 10.6 Å². The van der Waals surface area contributed by atoms with Gasteiger partial charge in [0, 0.05) is 30.6 Å². The number of carbonyl (C=O) groups excluding carboxylic acids is 1. The van der Waals surface area contributed by atoms with Gasteiger partial charge in [-0.3, -0.25) is 4.79 Å². The molecule has 0 saturated carbocycles. The second-order valence-corrected chi connectivity index (χ2v) is 4.70. The van der Waals surface area contributed by atoms with Crippen LogP contribution in [0.4, 0.5) is 0 Å². The number of carbonyl (C=O) groups is 1. The lowest BCUT2D eigenvalue weighted by Crippen LogP contribution is -2.48. The van der Waals surface area contributed by atoms with Crippen LogP contribution in [-0.4, -0.2) is 25.5 Å². The lowest BCUT2D eigenvalue weighted by Gasteiger charge is -2.27. The van der Waals surface area contributed by atoms with E-state index in [2.05, 4.69) is 10.6 Å². The Kier molecular flexibility index (Phi) is 5.53. The van der Waals surface area contributed by atoms with Crippen molar-refractivity contribution in [2.45, 2.75) is 0 Å². The summed E-state index contributed by atoms with van der Waals surface area (Å²) in [6.07, 6.45) is 0. The Labute approximate surface area is 116 Å². The number of hydrogen-bond donors (Lipinski definition) is 2. The van der Waals surface area contributed by atoms with Gasteiger partial charge in [0.25, 0.3) is 5.91 Å². The van der Waals surface area contributed by atoms with Crippen molar-refractivity contribution in [3.05, 3.63) is 33.8 Å². The van der Waals surface area contributed by atoms with Crippen LogP contribution in [0.3, 0.4) is 0 Å². The Morgan fingerprint density at radius 2 is 2.12 bits per heavy atom. The third kappa shape index (κ3) is 3.75. The van der Waals surface area contributed by atoms with Crippen molar-refractivity contribution >= 4 is 41.5 Å². The molecule has 1 aromatic carbocycles. The van der Waals surface area contributed by atoms with E-state index in [9.17, 15) is 4.79 Å². The molecule has 1 amide bonds. The van der Waals surface area contributed by atoms with Gasteiger partial charge in [0.2, 0.25) is 0 Å². The number of halogens is 3. The molecule has 0 spiro atoms. The molecule has 0 aromatic heterocycles. The van der Waals surface area contributed by atoms with Crippen LogP contribution in [-0.2, 0) is 0 Å². The molecule has 0 radical (unpaired) electrons. The molecule has 1 heterocycles. The van der Waals surface area contributed by atoms with Crippen molar-refractivity contribution in [3.63, 3.8) is 0 Å². The maximum Gasteiger partial charge on any atom is 0.252 e. The second-order valence-electron chi connectivity index (χ2n) is 3.86. The maximum atomic E-state index is 11.8. The van der Waals surface area contributed by atoms with Gasteiger partial charge >= 0.3 is 0 Å². The van der Waals surface area contributed by atoms with E-state index >= 15 is 0 Å². The van der Waals surface area contributed by atoms with Gasteiger partial charge in [0.1, 0.15) is 0 Å². The minimum Gasteiger partial charge on any atom is -0.352 e. The fourth-order valence-electron chi connectivity index (χ4n) is 1.50. The fourth-order valence-corrected chi connectivity index (χ4v) is 1.99. The van der Waals surface area contributed by atoms with Crippen molar-refractivity contribution in [3.8, 4) is 0 Å². The SMILES string of the molecule is Cl.O=C(NCC1CNC1)c1ccc(Cl)cc1Cl. The third-order valence-electron chi connectivity index (χ3n) is 2.59. The van der Waals surface area contributed by atoms with Crippen molar-refractivity contribution < 1.29 is 4.79 Å². The second kappa shape index (κ2) is 6.45. The van der Waals surface area contributed by atoms with Crippen molar-refractivity contribution in [1.29, 1.82) is 0 Å². The molecular weight excluding hydrogens is 282 g/mol. The number of rotatable bonds is 3. The van der Waals surface area contributed by atoms with Gasteiger partial charge < -0.3 is 10.6 Å². The largest absolute Gasteiger partial charge is 0.352 e. The summed E-state index contributed by atoms with van der Waals surface area (Å²) >= 11 is 11.7. The molecule has 0 bridgehead atoms. The van der Waals surface area contributed by atoms with Gasteiger partial charge in [0.15, 0.2) is 0 Å². The summed E-state index contributed by atoms with van der Waals surface area (Å²) in [6, 6.07) is 4.87. The molecule has 3 nitrogen and oxygen atoms in total. The predicted molar refractivity (Wildman–Crippen MR) is 72.4 cm³/mol. The molecule has 1 saturated heterocycles. The van der Waals surface area contributed by atoms with Gasteiger partial charge in [-0.1, -0.05) is 23.2 Å². The van der Waals surface area contributed by atoms with Crippen LogP contribution in [0.1, 0.15) is 10.4 Å². The Balaban J connectivity index is 0.00000144. The van der Waals surface area contributed by atoms with Crippen molar-refractivity contribution in [2.75, 3.05) is 19.6 Å². The summed E-state index contributed by atoms with van der Waals surface area (Å²) in [5.74, 6) is 0.392. The van der Waals surface area contributed by atoms with E-state index < -0.39 is 0 Å². The summed E-state index contributed by atoms with van der Waals surface area (Å²) in [5, 5.41) is 6.92. The fraction of sp³-hybridized carbons (Fsp3) is 0.364. The van der Waals surface area contributed by atoms with Gasteiger partial charge in [-0.25, -0.2) is 0 Å². The molecule has 2 rings (SSSR count). The number of amides is 1. The van der Waals surface area contributed by atoms with Gasteiger partial charge in [0.05, 0.1) is 10.6 Å². The molecule has 94 valence electrons. The molecule has 0 aliphatic carbocycles. The number of hydrogen-bond acceptors (Lipinski definition) is 2. The Morgan fingerprint density at radius 3 is 2.65 bits per heavy atom. The van der Waals surface area contributed by atoms with Crippen LogP contribution in [0.5, 0.6) is 0 Å². The van der Waals surface area contributed by atoms with E-state index in [-0.39, 0.29) is 18.3 Å². The van der Waals surface area contributed by atoms with E-state index in [1.807, 2.05) is 0 Å². The van der Waals surface area contributed by atoms with Crippen molar-refractivity contribution in [2.24, 2.45) is 5.92 Å². The third-order valence-corrected chi connectivity index (χ3v) is 3.14. The van der Waals surface area contributed by atoms with Crippen LogP contribution in [0.15, 0.2) is 18.2 Å². The van der Waals surface area contributed by atoms with Gasteiger partial charge in [-0.15, -0.1) is 12.4 Å². The first-order valence-corrected chi connectivity index (χ1v) is 5.86. The van der Waals surface area contributed by atoms with E-state index in [0.717, 1.165) is 13.1 Å². The number of nitrogens with one attached hydrogen (secondary N) is 2. The highest BCUT2D eigenvalue weighted by atomic mass is 35.5. The van der Waals surface area contributed by atoms with Crippen molar-refractivity contribution in [1.82, 2.24) is 10.6 Å². The average molecular weight is 296 g/mol. The van der Waals surface area contributed by atoms with E-state index in [1.165, 1.54) is 0 Å². The average Bonchev–Trinajstić information content (AvgIpc) is 2.14. The summed E-state index contributed by atoms with van der Waals surface area (Å²) < 4.78 is 0. The molecule has 1 aliphatic heterocycles. The standard InChI is InChI=1S/C11H12Cl2N2O.ClH/c12-8-1-2-9(10(13)3-8)11(16)15-6-7-4-14-5-7;/h1-3,7,14H,4-6H2,(H,15,16);1H. The normalized spacial score (nSPS) is 14.7. The Hall–Kier alpha value is -0.480. The molecule has 1 aromatic rings. The minimum atomic E-state index is -0.145. The summed E-state index contributed by atoms with van der Waals surface area (Å²) in [5.41, 5.74) is 0.471. The molecule has 1 aliphatic rings. The highest BCUT2D eigenvalue weighted by Gasteiger charge is 2.18. The van der Waals surface area contributed by atoms with Crippen LogP contribution in [0.25, 0.3) is 0 Å². The molecular formula is C11H13Cl3N2O. The minimum absolute atomic E-state index is 0. The highest BCUT2D eigenvalue weighted by Crippen LogP contribution is 2.20. The first kappa shape index (κ1) is 14.6. The number of benzene rings is 1. The highest BCUT2D eigenvalue weighted by molar-refractivity contribution is 6.36. The zero-order valence-corrected chi connectivity index (χ0v) is 11.3. The quantitative estimate of drug-likeness (QED) is 0.899. The van der Waals surface area contributed by atoms with E-state index in [1.54, 1.807) is 18.2 Å². The first-order chi connectivity index (χ1) is 7.66. The van der Waals surface area contributed by atoms with Gasteiger partial charge in [-0.05, 0) is 18.2 Å². The maximum absolute atomic E-state index is 11.8. The van der Waals surface area contributed by atoms with Crippen LogP contribution in [0.2, 0.25) is 10.0 Å². The molecule has 1 fully saturated rings. The van der Waals surface area contributed by atoms with Gasteiger partial charge in [-0.2, -0.15) is 0 Å². The van der Waals surface area contributed by atoms with E-state index in [4.69, 9.17) is 23.2 Å². The zero-order valence-electron chi connectivity index (χ0n) is 9.00. The molecule has 6 heteroatoms. The molecule has 0 atom stereocenters. The monoisotopic (exact) mass is 294 g/mol. The topological polar surface area (TPSA) is 41.1 Å². The smallest absolute Gasteiger partial charge is 0.252 e. The lowest BCUT2D eigenvalue weighted by molar-refractivity contribution is 0.0942. The Morgan fingerprint density at radius 1 is 1.41 bits per heavy atom. The van der Waals surface area contributed by atoms with E-state index in [0.29, 0.717) is 28.1 Å². The summed E-state index contributed by atoms with van der Waals surface area (Å²) in [4.78, 5) is 11.8. The molecule has 0 unspecified atom stereocenters. The molecule has 2 N–H and O–H groups in total. The predicted octanol–water partition coefficient (Wildman–Crippen LogP) is 2.36. The Bertz CT molecular complexity index is 408. The van der Waals surface area contributed by atoms with Crippen LogP contribution >= 0.6 is 35.6 Å². The lowest BCUT2D eigenvalue weighted by atomic mass is 10.0. The molecule has 17 heavy (non-hydrogen) atoms.